The number of thiol groups is 1. The first-order chi connectivity index (χ1) is 7.19. The maximum absolute atomic E-state index is 11.5. The van der Waals surface area contributed by atoms with Gasteiger partial charge in [0.05, 0.1) is 12.7 Å². The number of phenolic OH excluding ortho intramolecular Hbond substituents is 1. The lowest BCUT2D eigenvalue weighted by atomic mass is 10.2. The van der Waals surface area contributed by atoms with Crippen LogP contribution >= 0.6 is 12.6 Å². The quantitative estimate of drug-likeness (QED) is 0.674. The molecule has 0 aliphatic heterocycles. The molecule has 82 valence electrons. The number of rotatable bonds is 4. The van der Waals surface area contributed by atoms with Gasteiger partial charge in [0, 0.05) is 18.4 Å². The minimum Gasteiger partial charge on any atom is -0.507 e. The normalized spacial score (nSPS) is 9.73. The SMILES string of the molecule is COc1ccc(C(=O)NCCS)c(O)c1. The van der Waals surface area contributed by atoms with Crippen molar-refractivity contribution in [3.63, 3.8) is 0 Å². The zero-order chi connectivity index (χ0) is 11.3. The summed E-state index contributed by atoms with van der Waals surface area (Å²) in [4.78, 5) is 11.5. The van der Waals surface area contributed by atoms with Crippen molar-refractivity contribution in [2.24, 2.45) is 0 Å². The van der Waals surface area contributed by atoms with Crippen LogP contribution in [0.4, 0.5) is 0 Å². The van der Waals surface area contributed by atoms with Crippen molar-refractivity contribution in [1.82, 2.24) is 5.32 Å². The lowest BCUT2D eigenvalue weighted by Gasteiger charge is -2.06. The van der Waals surface area contributed by atoms with Gasteiger partial charge < -0.3 is 15.2 Å². The lowest BCUT2D eigenvalue weighted by molar-refractivity contribution is 0.0953. The molecule has 0 aliphatic carbocycles. The zero-order valence-corrected chi connectivity index (χ0v) is 9.25. The van der Waals surface area contributed by atoms with Crippen LogP contribution in [-0.2, 0) is 0 Å². The van der Waals surface area contributed by atoms with Gasteiger partial charge in [0.15, 0.2) is 0 Å². The van der Waals surface area contributed by atoms with Crippen LogP contribution < -0.4 is 10.1 Å². The van der Waals surface area contributed by atoms with Crippen molar-refractivity contribution < 1.29 is 14.6 Å². The topological polar surface area (TPSA) is 58.6 Å². The van der Waals surface area contributed by atoms with Crippen LogP contribution in [0.1, 0.15) is 10.4 Å². The largest absolute Gasteiger partial charge is 0.507 e. The molecular formula is C10H13NO3S. The molecule has 5 heteroatoms. The molecule has 0 atom stereocenters. The monoisotopic (exact) mass is 227 g/mol. The van der Waals surface area contributed by atoms with E-state index < -0.39 is 0 Å². The fourth-order valence-corrected chi connectivity index (χ4v) is 1.21. The fraction of sp³-hybridized carbons (Fsp3) is 0.300. The van der Waals surface area contributed by atoms with E-state index in [1.54, 1.807) is 6.07 Å². The molecule has 0 unspecified atom stereocenters. The number of carbonyl (C=O) groups excluding carboxylic acids is 1. The van der Waals surface area contributed by atoms with Crippen molar-refractivity contribution in [1.29, 1.82) is 0 Å². The van der Waals surface area contributed by atoms with Gasteiger partial charge in [0.25, 0.3) is 5.91 Å². The Bertz CT molecular complexity index is 355. The summed E-state index contributed by atoms with van der Waals surface area (Å²) < 4.78 is 4.91. The smallest absolute Gasteiger partial charge is 0.255 e. The van der Waals surface area contributed by atoms with Crippen molar-refractivity contribution in [3.05, 3.63) is 23.8 Å². The first-order valence-corrected chi connectivity index (χ1v) is 5.08. The predicted octanol–water partition coefficient (Wildman–Crippen LogP) is 1.06. The number of aromatic hydroxyl groups is 1. The molecule has 1 aromatic carbocycles. The molecule has 0 aromatic heterocycles. The van der Waals surface area contributed by atoms with E-state index in [0.29, 0.717) is 18.0 Å². The summed E-state index contributed by atoms with van der Waals surface area (Å²) in [5.74, 6) is 0.663. The molecule has 0 bridgehead atoms. The fourth-order valence-electron chi connectivity index (χ4n) is 1.10. The third kappa shape index (κ3) is 3.06. The van der Waals surface area contributed by atoms with Crippen molar-refractivity contribution >= 4 is 18.5 Å². The van der Waals surface area contributed by atoms with Gasteiger partial charge in [-0.1, -0.05) is 0 Å². The van der Waals surface area contributed by atoms with Crippen LogP contribution in [0.5, 0.6) is 11.5 Å². The summed E-state index contributed by atoms with van der Waals surface area (Å²) in [5, 5.41) is 12.1. The van der Waals surface area contributed by atoms with Gasteiger partial charge in [-0.2, -0.15) is 12.6 Å². The average Bonchev–Trinajstić information content (AvgIpc) is 2.25. The maximum atomic E-state index is 11.5. The molecule has 0 spiro atoms. The number of phenols is 1. The molecular weight excluding hydrogens is 214 g/mol. The molecule has 0 radical (unpaired) electrons. The highest BCUT2D eigenvalue weighted by Gasteiger charge is 2.10. The van der Waals surface area contributed by atoms with Crippen molar-refractivity contribution in [2.45, 2.75) is 0 Å². The summed E-state index contributed by atoms with van der Waals surface area (Å²) >= 11 is 3.97. The van der Waals surface area contributed by atoms with E-state index in [4.69, 9.17) is 4.74 Å². The van der Waals surface area contributed by atoms with Crippen LogP contribution in [0.15, 0.2) is 18.2 Å². The predicted molar refractivity (Wildman–Crippen MR) is 60.8 cm³/mol. The van der Waals surface area contributed by atoms with Crippen LogP contribution in [0.2, 0.25) is 0 Å². The number of methoxy groups -OCH3 is 1. The molecule has 0 saturated carbocycles. The number of carbonyl (C=O) groups is 1. The number of ether oxygens (including phenoxy) is 1. The van der Waals surface area contributed by atoms with E-state index in [1.807, 2.05) is 0 Å². The van der Waals surface area contributed by atoms with Gasteiger partial charge in [-0.25, -0.2) is 0 Å². The summed E-state index contributed by atoms with van der Waals surface area (Å²) in [6.07, 6.45) is 0. The summed E-state index contributed by atoms with van der Waals surface area (Å²) in [6.45, 7) is 0.466. The third-order valence-electron chi connectivity index (χ3n) is 1.85. The minimum absolute atomic E-state index is 0.0917. The molecule has 2 N–H and O–H groups in total. The molecule has 4 nitrogen and oxygen atoms in total. The van der Waals surface area contributed by atoms with E-state index in [1.165, 1.54) is 19.2 Å². The Morgan fingerprint density at radius 1 is 1.60 bits per heavy atom. The number of hydrogen-bond donors (Lipinski definition) is 3. The van der Waals surface area contributed by atoms with E-state index in [9.17, 15) is 9.90 Å². The Hall–Kier alpha value is -1.36. The molecule has 15 heavy (non-hydrogen) atoms. The molecule has 0 saturated heterocycles. The van der Waals surface area contributed by atoms with Gasteiger partial charge in [-0.05, 0) is 12.1 Å². The third-order valence-corrected chi connectivity index (χ3v) is 2.07. The summed E-state index contributed by atoms with van der Waals surface area (Å²) in [5.41, 5.74) is 0.234. The number of benzene rings is 1. The number of nitrogens with one attached hydrogen (secondary N) is 1. The maximum Gasteiger partial charge on any atom is 0.255 e. The second-order valence-electron chi connectivity index (χ2n) is 2.86. The first kappa shape index (κ1) is 11.7. The van der Waals surface area contributed by atoms with Crippen LogP contribution in [-0.4, -0.2) is 30.4 Å². The molecule has 1 rings (SSSR count). The van der Waals surface area contributed by atoms with Crippen molar-refractivity contribution in [3.8, 4) is 11.5 Å². The second kappa shape index (κ2) is 5.50. The average molecular weight is 227 g/mol. The Morgan fingerprint density at radius 3 is 2.87 bits per heavy atom. The molecule has 0 fully saturated rings. The Labute approximate surface area is 93.7 Å². The highest BCUT2D eigenvalue weighted by atomic mass is 32.1. The van der Waals surface area contributed by atoms with Crippen LogP contribution in [0, 0.1) is 0 Å². The van der Waals surface area contributed by atoms with E-state index in [-0.39, 0.29) is 17.2 Å². The van der Waals surface area contributed by atoms with Crippen LogP contribution in [0.25, 0.3) is 0 Å². The summed E-state index contributed by atoms with van der Waals surface area (Å²) in [7, 11) is 1.50. The minimum atomic E-state index is -0.316. The lowest BCUT2D eigenvalue weighted by Crippen LogP contribution is -2.25. The molecule has 1 amide bonds. The van der Waals surface area contributed by atoms with E-state index in [0.717, 1.165) is 0 Å². The van der Waals surface area contributed by atoms with Crippen molar-refractivity contribution in [2.75, 3.05) is 19.4 Å². The summed E-state index contributed by atoms with van der Waals surface area (Å²) in [6, 6.07) is 4.53. The van der Waals surface area contributed by atoms with Gasteiger partial charge in [-0.15, -0.1) is 0 Å². The molecule has 1 aromatic rings. The Kier molecular flexibility index (Phi) is 4.30. The molecule has 0 aliphatic rings. The number of amides is 1. The molecule has 0 heterocycles. The van der Waals surface area contributed by atoms with Gasteiger partial charge >= 0.3 is 0 Å². The highest BCUT2D eigenvalue weighted by molar-refractivity contribution is 7.80. The standard InChI is InChI=1S/C10H13NO3S/c1-14-7-2-3-8(9(12)6-7)10(13)11-4-5-15/h2-3,6,12,15H,4-5H2,1H3,(H,11,13). The van der Waals surface area contributed by atoms with E-state index >= 15 is 0 Å². The Morgan fingerprint density at radius 2 is 2.33 bits per heavy atom. The zero-order valence-electron chi connectivity index (χ0n) is 8.36. The Balaban J connectivity index is 2.81. The van der Waals surface area contributed by atoms with Gasteiger partial charge in [0.2, 0.25) is 0 Å². The second-order valence-corrected chi connectivity index (χ2v) is 3.31. The highest BCUT2D eigenvalue weighted by Crippen LogP contribution is 2.22. The number of hydrogen-bond acceptors (Lipinski definition) is 4. The van der Waals surface area contributed by atoms with Gasteiger partial charge in [-0.3, -0.25) is 4.79 Å². The van der Waals surface area contributed by atoms with E-state index in [2.05, 4.69) is 17.9 Å². The first-order valence-electron chi connectivity index (χ1n) is 4.45. The van der Waals surface area contributed by atoms with Crippen LogP contribution in [0.3, 0.4) is 0 Å². The van der Waals surface area contributed by atoms with Gasteiger partial charge in [0.1, 0.15) is 11.5 Å².